The minimum atomic E-state index is -4.40. The van der Waals surface area contributed by atoms with Crippen LogP contribution in [0.4, 0.5) is 14.6 Å². The van der Waals surface area contributed by atoms with Crippen molar-refractivity contribution >= 4 is 25.5 Å². The van der Waals surface area contributed by atoms with Crippen molar-refractivity contribution in [2.24, 2.45) is 0 Å². The Bertz CT molecular complexity index is 1260. The van der Waals surface area contributed by atoms with Gasteiger partial charge in [0.25, 0.3) is 0 Å². The van der Waals surface area contributed by atoms with E-state index >= 15 is 8.78 Å². The van der Waals surface area contributed by atoms with Crippen LogP contribution in [0.2, 0.25) is 0 Å². The van der Waals surface area contributed by atoms with Crippen LogP contribution in [-0.2, 0) is 32.9 Å². The first kappa shape index (κ1) is 26.7. The molecule has 2 aliphatic heterocycles. The molecule has 2 saturated heterocycles. The van der Waals surface area contributed by atoms with Gasteiger partial charge < -0.3 is 24.5 Å². The third kappa shape index (κ3) is 5.96. The molecule has 1 aromatic heterocycles. The van der Waals surface area contributed by atoms with Crippen molar-refractivity contribution in [3.05, 3.63) is 53.1 Å². The number of carbonyl (C=O) groups excluding carboxylic acids is 2. The Labute approximate surface area is 208 Å². The molecule has 3 heterocycles. The number of aromatic nitrogens is 2. The topological polar surface area (TPSA) is 170 Å². The minimum Gasteiger partial charge on any atom is -0.464 e. The average molecular weight is 544 g/mol. The Hall–Kier alpha value is -3.39. The largest absolute Gasteiger partial charge is 0.464 e. The number of ether oxygens (including phenoxy) is 3. The van der Waals surface area contributed by atoms with Crippen molar-refractivity contribution in [3.8, 4) is 5.75 Å². The molecule has 0 saturated carbocycles. The lowest BCUT2D eigenvalue weighted by molar-refractivity contribution is -0.174. The summed E-state index contributed by atoms with van der Waals surface area (Å²) in [6.07, 6.45) is -5.08. The van der Waals surface area contributed by atoms with E-state index in [1.807, 2.05) is 0 Å². The van der Waals surface area contributed by atoms with Gasteiger partial charge in [-0.1, -0.05) is 18.2 Å². The molecule has 13 nitrogen and oxygen atoms in total. The van der Waals surface area contributed by atoms with E-state index in [0.29, 0.717) is 4.57 Å². The normalized spacial score (nSPS) is 26.3. The van der Waals surface area contributed by atoms with Crippen LogP contribution in [0.5, 0.6) is 5.75 Å². The molecule has 2 aliphatic rings. The van der Waals surface area contributed by atoms with Crippen molar-refractivity contribution in [2.45, 2.75) is 43.7 Å². The minimum absolute atomic E-state index is 0.0698. The van der Waals surface area contributed by atoms with Gasteiger partial charge in [0.2, 0.25) is 6.23 Å². The van der Waals surface area contributed by atoms with Gasteiger partial charge in [-0.05, 0) is 18.2 Å². The third-order valence-electron chi connectivity index (χ3n) is 5.37. The maximum Gasteiger partial charge on any atom is 0.459 e. The summed E-state index contributed by atoms with van der Waals surface area (Å²) >= 11 is 0. The molecule has 2 fully saturated rings. The number of carbonyl (C=O) groups is 2. The molecule has 0 radical (unpaired) electrons. The summed E-state index contributed by atoms with van der Waals surface area (Å²) in [5, 5.41) is 2.46. The maximum atomic E-state index is 15.3. The first-order valence-electron chi connectivity index (χ1n) is 11.0. The lowest BCUT2D eigenvalue weighted by atomic mass is 10.1. The first-order valence-corrected chi connectivity index (χ1v) is 12.5. The molecule has 1 aromatic carbocycles. The van der Waals surface area contributed by atoms with E-state index in [2.05, 4.69) is 10.1 Å². The quantitative estimate of drug-likeness (QED) is 0.344. The Balaban J connectivity index is 1.59. The highest BCUT2D eigenvalue weighted by Gasteiger charge is 2.62. The summed E-state index contributed by atoms with van der Waals surface area (Å²) in [6.45, 7) is 0.134. The number of rotatable bonds is 9. The molecule has 4 rings (SSSR count). The number of nitrogen functional groups attached to an aromatic ring is 1. The summed E-state index contributed by atoms with van der Waals surface area (Å²) in [6, 6.07) is 7.84. The van der Waals surface area contributed by atoms with Crippen LogP contribution < -0.4 is 21.0 Å². The molecule has 0 bridgehead atoms. The SMILES string of the molecule is CC(=O)O[C@@H]1[C@@H](COP(=O)(N[C@H]2CCOC2=O)Oc2ccccc2)O[C@@H](n2ccc(N)nc2=O)C1(F)F. The van der Waals surface area contributed by atoms with Gasteiger partial charge in [-0.25, -0.2) is 9.36 Å². The highest BCUT2D eigenvalue weighted by Crippen LogP contribution is 2.49. The number of hydrogen-bond acceptors (Lipinski definition) is 11. The molecule has 2 aromatic rings. The van der Waals surface area contributed by atoms with Gasteiger partial charge >= 0.3 is 31.3 Å². The van der Waals surface area contributed by atoms with E-state index in [0.717, 1.165) is 19.2 Å². The number of esters is 2. The van der Waals surface area contributed by atoms with Crippen LogP contribution in [0.1, 0.15) is 19.6 Å². The molecule has 37 heavy (non-hydrogen) atoms. The lowest BCUT2D eigenvalue weighted by Gasteiger charge is -2.25. The third-order valence-corrected chi connectivity index (χ3v) is 6.94. The van der Waals surface area contributed by atoms with Crippen LogP contribution in [0.3, 0.4) is 0 Å². The maximum absolute atomic E-state index is 15.3. The van der Waals surface area contributed by atoms with E-state index in [1.54, 1.807) is 18.2 Å². The molecule has 0 amide bonds. The van der Waals surface area contributed by atoms with Gasteiger partial charge in [-0.15, -0.1) is 0 Å². The van der Waals surface area contributed by atoms with E-state index in [1.165, 1.54) is 12.1 Å². The fraction of sp³-hybridized carbons (Fsp3) is 0.429. The Morgan fingerprint density at radius 3 is 2.65 bits per heavy atom. The van der Waals surface area contributed by atoms with Gasteiger partial charge in [-0.2, -0.15) is 18.9 Å². The van der Waals surface area contributed by atoms with E-state index in [4.69, 9.17) is 29.0 Å². The second-order valence-corrected chi connectivity index (χ2v) is 9.80. The lowest BCUT2D eigenvalue weighted by Crippen LogP contribution is -2.44. The second-order valence-electron chi connectivity index (χ2n) is 8.11. The highest BCUT2D eigenvalue weighted by atomic mass is 31.2. The highest BCUT2D eigenvalue weighted by molar-refractivity contribution is 7.52. The number of para-hydroxylation sites is 1. The van der Waals surface area contributed by atoms with E-state index in [-0.39, 0.29) is 24.6 Å². The van der Waals surface area contributed by atoms with Crippen LogP contribution in [0.25, 0.3) is 0 Å². The number of anilines is 1. The van der Waals surface area contributed by atoms with Crippen molar-refractivity contribution in [3.63, 3.8) is 0 Å². The smallest absolute Gasteiger partial charge is 0.459 e. The second kappa shape index (κ2) is 10.5. The predicted octanol–water partition coefficient (Wildman–Crippen LogP) is 1.40. The van der Waals surface area contributed by atoms with Crippen LogP contribution >= 0.6 is 7.75 Å². The van der Waals surface area contributed by atoms with Gasteiger partial charge in [0.15, 0.2) is 6.10 Å². The summed E-state index contributed by atoms with van der Waals surface area (Å²) in [5.74, 6) is -5.80. The summed E-state index contributed by atoms with van der Waals surface area (Å²) in [4.78, 5) is 39.1. The predicted molar refractivity (Wildman–Crippen MR) is 120 cm³/mol. The zero-order valence-corrected chi connectivity index (χ0v) is 20.2. The van der Waals surface area contributed by atoms with Crippen LogP contribution in [0.15, 0.2) is 47.4 Å². The number of nitrogens with one attached hydrogen (secondary N) is 1. The number of benzene rings is 1. The van der Waals surface area contributed by atoms with E-state index < -0.39 is 62.4 Å². The van der Waals surface area contributed by atoms with E-state index in [9.17, 15) is 18.9 Å². The molecule has 16 heteroatoms. The number of hydrogen-bond donors (Lipinski definition) is 2. The Kier molecular flexibility index (Phi) is 7.59. The standard InChI is InChI=1S/C21H23F2N4O9P/c1-12(28)34-17-15(35-19(21(17,22)23)27-9-7-16(24)25-20(27)30)11-33-37(31,26-14-8-10-32-18(14)29)36-13-5-3-2-4-6-13/h2-7,9,14-15,17,19H,8,10-11H2,1H3,(H,26,31)(H2,24,25,30)/t14-,15+,17+,19+,37?/m0/s1. The monoisotopic (exact) mass is 544 g/mol. The van der Waals surface area contributed by atoms with Crippen molar-refractivity contribution in [1.29, 1.82) is 0 Å². The molecule has 3 N–H and O–H groups in total. The Morgan fingerprint density at radius 1 is 1.30 bits per heavy atom. The first-order chi connectivity index (χ1) is 17.5. The molecule has 0 aliphatic carbocycles. The summed E-state index contributed by atoms with van der Waals surface area (Å²) < 4.78 is 70.7. The number of cyclic esters (lactones) is 1. The molecule has 0 spiro atoms. The Morgan fingerprint density at radius 2 is 2.03 bits per heavy atom. The van der Waals surface area contributed by atoms with Gasteiger partial charge in [-0.3, -0.25) is 18.7 Å². The van der Waals surface area contributed by atoms with Crippen LogP contribution in [-0.4, -0.2) is 58.9 Å². The number of nitrogens with zero attached hydrogens (tertiary/aromatic N) is 2. The van der Waals surface area contributed by atoms with Crippen molar-refractivity contribution < 1.29 is 46.2 Å². The van der Waals surface area contributed by atoms with Crippen molar-refractivity contribution in [2.75, 3.05) is 18.9 Å². The van der Waals surface area contributed by atoms with Crippen LogP contribution in [0, 0.1) is 0 Å². The number of halogens is 2. The molecule has 5 atom stereocenters. The number of nitrogens with two attached hydrogens (primary N) is 1. The molecular formula is C21H23F2N4O9P. The van der Waals surface area contributed by atoms with Gasteiger partial charge in [0, 0.05) is 19.5 Å². The van der Waals surface area contributed by atoms with Gasteiger partial charge in [0.1, 0.15) is 23.7 Å². The summed E-state index contributed by atoms with van der Waals surface area (Å²) in [7, 11) is -4.40. The molecule has 200 valence electrons. The zero-order valence-electron chi connectivity index (χ0n) is 19.3. The fourth-order valence-corrected chi connectivity index (χ4v) is 5.26. The molecular weight excluding hydrogens is 521 g/mol. The summed E-state index contributed by atoms with van der Waals surface area (Å²) in [5.41, 5.74) is 4.29. The van der Waals surface area contributed by atoms with Gasteiger partial charge in [0.05, 0.1) is 13.2 Å². The molecule has 1 unspecified atom stereocenters. The fourth-order valence-electron chi connectivity index (χ4n) is 3.72. The zero-order chi connectivity index (χ0) is 26.8. The number of alkyl halides is 2. The van der Waals surface area contributed by atoms with Crippen molar-refractivity contribution in [1.82, 2.24) is 14.6 Å². The average Bonchev–Trinajstić information content (AvgIpc) is 3.33.